The van der Waals surface area contributed by atoms with Crippen LogP contribution in [-0.2, 0) is 12.2 Å². The molecule has 0 spiro atoms. The van der Waals surface area contributed by atoms with Crippen LogP contribution in [0.4, 0.5) is 0 Å². The second-order valence-electron chi connectivity index (χ2n) is 3.41. The van der Waals surface area contributed by atoms with Crippen molar-refractivity contribution in [2.75, 3.05) is 0 Å². The molecule has 2 nitrogen and oxygen atoms in total. The zero-order valence-corrected chi connectivity index (χ0v) is 7.41. The Balaban J connectivity index is 2.93. The van der Waals surface area contributed by atoms with Crippen LogP contribution in [0.3, 0.4) is 0 Å². The lowest BCUT2D eigenvalue weighted by Crippen LogP contribution is -2.15. The third kappa shape index (κ3) is 2.06. The van der Waals surface area contributed by atoms with Crippen molar-refractivity contribution in [1.29, 1.82) is 0 Å². The fourth-order valence-corrected chi connectivity index (χ4v) is 1.02. The standard InChI is InChI=1S/C10H14O2/c1-10(2,12)9-5-3-8(7-11)4-6-9/h3-6,11-12H,7H2,1-2H3. The van der Waals surface area contributed by atoms with Gasteiger partial charge < -0.3 is 10.2 Å². The second-order valence-corrected chi connectivity index (χ2v) is 3.41. The molecule has 12 heavy (non-hydrogen) atoms. The van der Waals surface area contributed by atoms with Crippen LogP contribution >= 0.6 is 0 Å². The largest absolute Gasteiger partial charge is 0.392 e. The predicted octanol–water partition coefficient (Wildman–Crippen LogP) is 1.41. The van der Waals surface area contributed by atoms with Crippen LogP contribution in [0.2, 0.25) is 0 Å². The minimum atomic E-state index is -0.798. The summed E-state index contributed by atoms with van der Waals surface area (Å²) in [6.07, 6.45) is 0. The molecule has 0 fully saturated rings. The van der Waals surface area contributed by atoms with Crippen molar-refractivity contribution in [3.05, 3.63) is 35.4 Å². The number of benzene rings is 1. The van der Waals surface area contributed by atoms with Crippen LogP contribution in [-0.4, -0.2) is 10.2 Å². The van der Waals surface area contributed by atoms with Gasteiger partial charge in [-0.3, -0.25) is 0 Å². The Morgan fingerprint density at radius 2 is 1.67 bits per heavy atom. The SMILES string of the molecule is CC(C)(O)c1ccc(CO)cc1. The van der Waals surface area contributed by atoms with Crippen molar-refractivity contribution in [2.24, 2.45) is 0 Å². The average molecular weight is 166 g/mol. The van der Waals surface area contributed by atoms with Crippen LogP contribution in [0.25, 0.3) is 0 Å². The predicted molar refractivity (Wildman–Crippen MR) is 47.6 cm³/mol. The van der Waals surface area contributed by atoms with Gasteiger partial charge in [0.1, 0.15) is 0 Å². The smallest absolute Gasteiger partial charge is 0.0840 e. The van der Waals surface area contributed by atoms with Gasteiger partial charge in [0.05, 0.1) is 12.2 Å². The van der Waals surface area contributed by atoms with Crippen LogP contribution < -0.4 is 0 Å². The highest BCUT2D eigenvalue weighted by atomic mass is 16.3. The molecule has 0 atom stereocenters. The quantitative estimate of drug-likeness (QED) is 0.697. The van der Waals surface area contributed by atoms with Crippen LogP contribution in [0.5, 0.6) is 0 Å². The van der Waals surface area contributed by atoms with Gasteiger partial charge >= 0.3 is 0 Å². The van der Waals surface area contributed by atoms with E-state index in [2.05, 4.69) is 0 Å². The van der Waals surface area contributed by atoms with E-state index in [9.17, 15) is 5.11 Å². The Labute approximate surface area is 72.5 Å². The van der Waals surface area contributed by atoms with Gasteiger partial charge in [0.15, 0.2) is 0 Å². The van der Waals surface area contributed by atoms with E-state index in [1.165, 1.54) is 0 Å². The van der Waals surface area contributed by atoms with E-state index in [0.717, 1.165) is 11.1 Å². The summed E-state index contributed by atoms with van der Waals surface area (Å²) < 4.78 is 0. The van der Waals surface area contributed by atoms with E-state index in [-0.39, 0.29) is 6.61 Å². The van der Waals surface area contributed by atoms with Crippen LogP contribution in [0.1, 0.15) is 25.0 Å². The summed E-state index contributed by atoms with van der Waals surface area (Å²) in [7, 11) is 0. The summed E-state index contributed by atoms with van der Waals surface area (Å²) >= 11 is 0. The molecule has 0 saturated carbocycles. The molecular formula is C10H14O2. The molecule has 0 unspecified atom stereocenters. The zero-order valence-electron chi connectivity index (χ0n) is 7.41. The highest BCUT2D eigenvalue weighted by molar-refractivity contribution is 5.25. The Bertz CT molecular complexity index is 244. The summed E-state index contributed by atoms with van der Waals surface area (Å²) in [6, 6.07) is 7.28. The number of aliphatic hydroxyl groups is 2. The molecule has 0 aliphatic rings. The Morgan fingerprint density at radius 3 is 2.00 bits per heavy atom. The summed E-state index contributed by atoms with van der Waals surface area (Å²) in [5, 5.41) is 18.4. The van der Waals surface area contributed by atoms with Crippen molar-refractivity contribution in [2.45, 2.75) is 26.1 Å². The third-order valence-electron chi connectivity index (χ3n) is 1.84. The molecule has 0 aromatic heterocycles. The molecule has 66 valence electrons. The molecule has 0 aliphatic carbocycles. The van der Waals surface area contributed by atoms with Crippen LogP contribution in [0, 0.1) is 0 Å². The number of aliphatic hydroxyl groups excluding tert-OH is 1. The Hall–Kier alpha value is -0.860. The highest BCUT2D eigenvalue weighted by Gasteiger charge is 2.14. The fourth-order valence-electron chi connectivity index (χ4n) is 1.02. The van der Waals surface area contributed by atoms with E-state index in [4.69, 9.17) is 5.11 Å². The van der Waals surface area contributed by atoms with Crippen molar-refractivity contribution in [3.8, 4) is 0 Å². The van der Waals surface area contributed by atoms with Gasteiger partial charge in [-0.1, -0.05) is 24.3 Å². The number of hydrogen-bond acceptors (Lipinski definition) is 2. The monoisotopic (exact) mass is 166 g/mol. The Kier molecular flexibility index (Phi) is 2.50. The van der Waals surface area contributed by atoms with Gasteiger partial charge in [0.25, 0.3) is 0 Å². The van der Waals surface area contributed by atoms with E-state index >= 15 is 0 Å². The van der Waals surface area contributed by atoms with Gasteiger partial charge in [0.2, 0.25) is 0 Å². The van der Waals surface area contributed by atoms with Crippen LogP contribution in [0.15, 0.2) is 24.3 Å². The molecule has 2 N–H and O–H groups in total. The molecule has 0 amide bonds. The zero-order chi connectivity index (χ0) is 9.19. The molecule has 0 bridgehead atoms. The van der Waals surface area contributed by atoms with Crippen molar-refractivity contribution in [3.63, 3.8) is 0 Å². The minimum absolute atomic E-state index is 0.0478. The molecule has 2 heteroatoms. The fraction of sp³-hybridized carbons (Fsp3) is 0.400. The number of rotatable bonds is 2. The van der Waals surface area contributed by atoms with E-state index in [0.29, 0.717) is 0 Å². The van der Waals surface area contributed by atoms with E-state index < -0.39 is 5.60 Å². The summed E-state index contributed by atoms with van der Waals surface area (Å²) in [5.41, 5.74) is 0.927. The van der Waals surface area contributed by atoms with Gasteiger partial charge in [-0.15, -0.1) is 0 Å². The minimum Gasteiger partial charge on any atom is -0.392 e. The first kappa shape index (κ1) is 9.23. The van der Waals surface area contributed by atoms with Gasteiger partial charge in [-0.25, -0.2) is 0 Å². The molecule has 1 aromatic rings. The maximum atomic E-state index is 9.59. The lowest BCUT2D eigenvalue weighted by molar-refractivity contribution is 0.0785. The first-order chi connectivity index (χ1) is 5.54. The molecule has 0 heterocycles. The van der Waals surface area contributed by atoms with Gasteiger partial charge in [0, 0.05) is 0 Å². The first-order valence-electron chi connectivity index (χ1n) is 3.96. The topological polar surface area (TPSA) is 40.5 Å². The summed E-state index contributed by atoms with van der Waals surface area (Å²) in [5.74, 6) is 0. The normalized spacial score (nSPS) is 11.7. The Morgan fingerprint density at radius 1 is 1.17 bits per heavy atom. The molecule has 1 rings (SSSR count). The molecular weight excluding hydrogens is 152 g/mol. The maximum absolute atomic E-state index is 9.59. The van der Waals surface area contributed by atoms with Crippen molar-refractivity contribution < 1.29 is 10.2 Å². The van der Waals surface area contributed by atoms with Gasteiger partial charge in [-0.05, 0) is 25.0 Å². The summed E-state index contributed by atoms with van der Waals surface area (Å²) in [4.78, 5) is 0. The van der Waals surface area contributed by atoms with Crippen molar-refractivity contribution in [1.82, 2.24) is 0 Å². The lowest BCUT2D eigenvalue weighted by Gasteiger charge is -2.17. The summed E-state index contributed by atoms with van der Waals surface area (Å²) in [6.45, 7) is 3.52. The first-order valence-corrected chi connectivity index (χ1v) is 3.96. The van der Waals surface area contributed by atoms with Gasteiger partial charge in [-0.2, -0.15) is 0 Å². The molecule has 1 aromatic carbocycles. The molecule has 0 radical (unpaired) electrons. The van der Waals surface area contributed by atoms with E-state index in [1.54, 1.807) is 13.8 Å². The van der Waals surface area contributed by atoms with Crippen molar-refractivity contribution >= 4 is 0 Å². The molecule has 0 saturated heterocycles. The second kappa shape index (κ2) is 3.25. The number of hydrogen-bond donors (Lipinski definition) is 2. The third-order valence-corrected chi connectivity index (χ3v) is 1.84. The lowest BCUT2D eigenvalue weighted by atomic mass is 9.97. The maximum Gasteiger partial charge on any atom is 0.0840 e. The van der Waals surface area contributed by atoms with E-state index in [1.807, 2.05) is 24.3 Å². The average Bonchev–Trinajstić information content (AvgIpc) is 2.03. The molecule has 0 aliphatic heterocycles. The highest BCUT2D eigenvalue weighted by Crippen LogP contribution is 2.19.